The molecule has 0 saturated carbocycles. The Morgan fingerprint density at radius 1 is 1.39 bits per heavy atom. The quantitative estimate of drug-likeness (QED) is 0.816. The van der Waals surface area contributed by atoms with Crippen LogP contribution >= 0.6 is 11.6 Å². The molecule has 0 radical (unpaired) electrons. The second-order valence-electron chi connectivity index (χ2n) is 3.70. The zero-order valence-corrected chi connectivity index (χ0v) is 10.8. The van der Waals surface area contributed by atoms with E-state index in [0.29, 0.717) is 30.8 Å². The van der Waals surface area contributed by atoms with Crippen molar-refractivity contribution in [1.29, 1.82) is 0 Å². The van der Waals surface area contributed by atoms with Crippen molar-refractivity contribution in [3.63, 3.8) is 0 Å². The number of ether oxygens (including phenoxy) is 1. The maximum absolute atomic E-state index is 5.60. The zero-order chi connectivity index (χ0) is 12.8. The van der Waals surface area contributed by atoms with Gasteiger partial charge in [0.25, 0.3) is 0 Å². The van der Waals surface area contributed by atoms with Crippen molar-refractivity contribution < 1.29 is 9.15 Å². The van der Waals surface area contributed by atoms with E-state index in [1.165, 1.54) is 0 Å². The van der Waals surface area contributed by atoms with Gasteiger partial charge in [0, 0.05) is 25.1 Å². The fraction of sp³-hybridized carbons (Fsp3) is 0.333. The maximum Gasteiger partial charge on any atom is 0.320 e. The molecule has 0 aliphatic carbocycles. The second kappa shape index (κ2) is 6.37. The van der Waals surface area contributed by atoms with Gasteiger partial charge in [-0.1, -0.05) is 17.2 Å². The molecular weight excluding hydrogens is 254 g/mol. The van der Waals surface area contributed by atoms with Gasteiger partial charge >= 0.3 is 6.01 Å². The molecule has 0 aliphatic rings. The second-order valence-corrected chi connectivity index (χ2v) is 4.08. The lowest BCUT2D eigenvalue weighted by atomic mass is 10.2. The van der Waals surface area contributed by atoms with E-state index in [2.05, 4.69) is 15.5 Å². The van der Waals surface area contributed by atoms with E-state index in [4.69, 9.17) is 20.8 Å². The van der Waals surface area contributed by atoms with Crippen molar-refractivity contribution in [3.05, 3.63) is 35.7 Å². The lowest BCUT2D eigenvalue weighted by Crippen LogP contribution is -1.93. The molecule has 0 spiro atoms. The fourth-order valence-corrected chi connectivity index (χ4v) is 1.68. The van der Waals surface area contributed by atoms with Crippen molar-refractivity contribution in [2.75, 3.05) is 18.3 Å². The Balaban J connectivity index is 2.05. The summed E-state index contributed by atoms with van der Waals surface area (Å²) in [7, 11) is 1.66. The van der Waals surface area contributed by atoms with Crippen LogP contribution in [-0.4, -0.2) is 23.2 Å². The summed E-state index contributed by atoms with van der Waals surface area (Å²) < 4.78 is 10.5. The van der Waals surface area contributed by atoms with Gasteiger partial charge in [-0.25, -0.2) is 0 Å². The highest BCUT2D eigenvalue weighted by atomic mass is 35.5. The Kier molecular flexibility index (Phi) is 4.55. The highest BCUT2D eigenvalue weighted by Crippen LogP contribution is 2.17. The number of methoxy groups -OCH3 is 1. The monoisotopic (exact) mass is 267 g/mol. The van der Waals surface area contributed by atoms with Gasteiger partial charge in [0.15, 0.2) is 0 Å². The van der Waals surface area contributed by atoms with Crippen LogP contribution in [0, 0.1) is 0 Å². The average Bonchev–Trinajstić information content (AvgIpc) is 2.78. The first kappa shape index (κ1) is 12.9. The smallest absolute Gasteiger partial charge is 0.320 e. The van der Waals surface area contributed by atoms with Gasteiger partial charge in [-0.2, -0.15) is 0 Å². The lowest BCUT2D eigenvalue weighted by molar-refractivity contribution is 0.185. The molecular formula is C12H14ClN3O2. The van der Waals surface area contributed by atoms with Gasteiger partial charge in [-0.05, 0) is 17.7 Å². The summed E-state index contributed by atoms with van der Waals surface area (Å²) >= 11 is 5.60. The van der Waals surface area contributed by atoms with Crippen LogP contribution in [0.15, 0.2) is 28.7 Å². The van der Waals surface area contributed by atoms with E-state index in [1.807, 2.05) is 24.3 Å². The molecule has 0 fully saturated rings. The molecule has 1 heterocycles. The topological polar surface area (TPSA) is 60.2 Å². The Labute approximate surface area is 110 Å². The molecule has 1 N–H and O–H groups in total. The third-order valence-corrected chi connectivity index (χ3v) is 2.45. The van der Waals surface area contributed by atoms with Crippen molar-refractivity contribution in [2.45, 2.75) is 13.0 Å². The minimum absolute atomic E-state index is 0.365. The molecule has 0 aliphatic heterocycles. The molecule has 0 unspecified atom stereocenters. The van der Waals surface area contributed by atoms with Gasteiger partial charge in [0.1, 0.15) is 0 Å². The molecule has 2 aromatic rings. The number of alkyl halides is 1. The number of aryl methyl sites for hydroxylation is 1. The molecule has 1 aromatic carbocycles. The Hall–Kier alpha value is -1.59. The molecule has 5 nitrogen and oxygen atoms in total. The van der Waals surface area contributed by atoms with Crippen LogP contribution in [0.25, 0.3) is 0 Å². The number of halogens is 1. The molecule has 6 heteroatoms. The number of rotatable bonds is 6. The molecule has 1 aromatic heterocycles. The Bertz CT molecular complexity index is 502. The lowest BCUT2D eigenvalue weighted by Gasteiger charge is -2.04. The van der Waals surface area contributed by atoms with Crippen LogP contribution in [0.3, 0.4) is 0 Å². The Morgan fingerprint density at radius 3 is 3.06 bits per heavy atom. The number of hydrogen-bond donors (Lipinski definition) is 1. The molecule has 2 rings (SSSR count). The van der Waals surface area contributed by atoms with Crippen molar-refractivity contribution in [3.8, 4) is 0 Å². The SMILES string of the molecule is COCc1cccc(Nc2nnc(CCCl)o2)c1. The first-order valence-corrected chi connectivity index (χ1v) is 6.08. The number of hydrogen-bond acceptors (Lipinski definition) is 5. The number of benzene rings is 1. The maximum atomic E-state index is 5.60. The van der Waals surface area contributed by atoms with Crippen molar-refractivity contribution >= 4 is 23.3 Å². The van der Waals surface area contributed by atoms with Crippen molar-refractivity contribution in [1.82, 2.24) is 10.2 Å². The Morgan fingerprint density at radius 2 is 2.28 bits per heavy atom. The number of nitrogens with one attached hydrogen (secondary N) is 1. The molecule has 0 saturated heterocycles. The van der Waals surface area contributed by atoms with Gasteiger partial charge in [0.05, 0.1) is 6.61 Å². The summed E-state index contributed by atoms with van der Waals surface area (Å²) in [6.45, 7) is 0.566. The summed E-state index contributed by atoms with van der Waals surface area (Å²) in [5, 5.41) is 10.8. The van der Waals surface area contributed by atoms with E-state index < -0.39 is 0 Å². The first-order chi connectivity index (χ1) is 8.81. The predicted molar refractivity (Wildman–Crippen MR) is 69.2 cm³/mol. The summed E-state index contributed by atoms with van der Waals surface area (Å²) in [5.41, 5.74) is 1.95. The highest BCUT2D eigenvalue weighted by molar-refractivity contribution is 6.17. The third kappa shape index (κ3) is 3.45. The standard InChI is InChI=1S/C12H14ClN3O2/c1-17-8-9-3-2-4-10(7-9)14-12-16-15-11(18-12)5-6-13/h2-4,7H,5-6,8H2,1H3,(H,14,16). The zero-order valence-electron chi connectivity index (χ0n) is 10.0. The van der Waals surface area contributed by atoms with Crippen LogP contribution in [0.2, 0.25) is 0 Å². The van der Waals surface area contributed by atoms with Crippen LogP contribution in [0.4, 0.5) is 11.7 Å². The normalized spacial score (nSPS) is 10.6. The van der Waals surface area contributed by atoms with Crippen molar-refractivity contribution in [2.24, 2.45) is 0 Å². The van der Waals surface area contributed by atoms with Crippen LogP contribution < -0.4 is 5.32 Å². The fourth-order valence-electron chi connectivity index (χ4n) is 1.51. The molecule has 96 valence electrons. The molecule has 0 amide bonds. The minimum Gasteiger partial charge on any atom is -0.408 e. The van der Waals surface area contributed by atoms with Gasteiger partial charge < -0.3 is 14.5 Å². The number of nitrogens with zero attached hydrogens (tertiary/aromatic N) is 2. The average molecular weight is 268 g/mol. The first-order valence-electron chi connectivity index (χ1n) is 5.55. The van der Waals surface area contributed by atoms with Gasteiger partial charge in [-0.3, -0.25) is 0 Å². The van der Waals surface area contributed by atoms with E-state index in [9.17, 15) is 0 Å². The summed E-state index contributed by atoms with van der Waals surface area (Å²) in [5.74, 6) is 0.992. The van der Waals surface area contributed by atoms with E-state index >= 15 is 0 Å². The van der Waals surface area contributed by atoms with E-state index in [-0.39, 0.29) is 0 Å². The van der Waals surface area contributed by atoms with Gasteiger partial charge in [0.2, 0.25) is 5.89 Å². The summed E-state index contributed by atoms with van der Waals surface area (Å²) in [4.78, 5) is 0. The van der Waals surface area contributed by atoms with Crippen LogP contribution in [-0.2, 0) is 17.8 Å². The minimum atomic E-state index is 0.365. The summed E-state index contributed by atoms with van der Waals surface area (Å²) in [6, 6.07) is 8.18. The van der Waals surface area contributed by atoms with Crippen LogP contribution in [0.5, 0.6) is 0 Å². The third-order valence-electron chi connectivity index (χ3n) is 2.26. The van der Waals surface area contributed by atoms with Gasteiger partial charge in [-0.15, -0.1) is 16.7 Å². The summed E-state index contributed by atoms with van der Waals surface area (Å²) in [6.07, 6.45) is 0.569. The predicted octanol–water partition coefficient (Wildman–Crippen LogP) is 2.74. The molecule has 18 heavy (non-hydrogen) atoms. The van der Waals surface area contributed by atoms with Crippen LogP contribution in [0.1, 0.15) is 11.5 Å². The molecule has 0 bridgehead atoms. The molecule has 0 atom stereocenters. The number of anilines is 2. The van der Waals surface area contributed by atoms with E-state index in [1.54, 1.807) is 7.11 Å². The highest BCUT2D eigenvalue weighted by Gasteiger charge is 2.05. The largest absolute Gasteiger partial charge is 0.408 e. The van der Waals surface area contributed by atoms with E-state index in [0.717, 1.165) is 11.3 Å². The number of aromatic nitrogens is 2.